The van der Waals surface area contributed by atoms with Crippen LogP contribution in [0.3, 0.4) is 0 Å². The fourth-order valence-electron chi connectivity index (χ4n) is 5.77. The fraction of sp³-hybridized carbons (Fsp3) is 0.550. The predicted octanol–water partition coefficient (Wildman–Crippen LogP) is 4.42. The zero-order valence-corrected chi connectivity index (χ0v) is 13.3. The second kappa shape index (κ2) is 4.79. The van der Waals surface area contributed by atoms with Crippen LogP contribution in [-0.2, 0) is 0 Å². The van der Waals surface area contributed by atoms with Crippen molar-refractivity contribution >= 4 is 10.9 Å². The molecule has 4 aliphatic rings. The third-order valence-corrected chi connectivity index (χ3v) is 6.56. The van der Waals surface area contributed by atoms with Gasteiger partial charge in [0.1, 0.15) is 0 Å². The summed E-state index contributed by atoms with van der Waals surface area (Å²) in [5.74, 6) is 2.82. The number of para-hydroxylation sites is 1. The Kier molecular flexibility index (Phi) is 2.85. The summed E-state index contributed by atoms with van der Waals surface area (Å²) in [5.41, 5.74) is 2.56. The topological polar surface area (TPSA) is 16.1 Å². The Bertz CT molecular complexity index is 696. The van der Waals surface area contributed by atoms with E-state index in [9.17, 15) is 0 Å². The molecule has 2 saturated carbocycles. The van der Waals surface area contributed by atoms with Crippen LogP contribution in [0, 0.1) is 17.8 Å². The highest BCUT2D eigenvalue weighted by Crippen LogP contribution is 2.53. The fourth-order valence-corrected chi connectivity index (χ4v) is 5.77. The lowest BCUT2D eigenvalue weighted by atomic mass is 9.67. The molecule has 1 aromatic carbocycles. The molecule has 0 amide bonds. The second-order valence-corrected chi connectivity index (χ2v) is 7.90. The molecule has 1 aromatic heterocycles. The van der Waals surface area contributed by atoms with Gasteiger partial charge in [-0.05, 0) is 74.6 Å². The lowest BCUT2D eigenvalue weighted by Crippen LogP contribution is -2.36. The minimum atomic E-state index is 0.581. The lowest BCUT2D eigenvalue weighted by molar-refractivity contribution is 0.133. The average molecular weight is 292 g/mol. The molecular formula is C20H24N2. The molecule has 6 rings (SSSR count). The first-order valence-electron chi connectivity index (χ1n) is 8.84. The number of aromatic nitrogens is 1. The van der Waals surface area contributed by atoms with Gasteiger partial charge in [0.25, 0.3) is 0 Å². The molecule has 22 heavy (non-hydrogen) atoms. The zero-order valence-electron chi connectivity index (χ0n) is 13.3. The van der Waals surface area contributed by atoms with Gasteiger partial charge < -0.3 is 0 Å². The standard InChI is InChI=1S/C20H24N2/c1-22-18-9-13-6-14(10-18)8-16(7-13)20(22)17-11-15-4-2-3-5-19(15)21-12-17/h2-5,11-14,16,18,20H,6-10H2,1H3/t13-,14+,16?,18?,20?. The molecule has 3 heterocycles. The number of rotatable bonds is 1. The Balaban J connectivity index is 1.60. The highest BCUT2D eigenvalue weighted by molar-refractivity contribution is 5.78. The van der Waals surface area contributed by atoms with Crippen molar-refractivity contribution in [3.8, 4) is 0 Å². The first kappa shape index (κ1) is 13.1. The smallest absolute Gasteiger partial charge is 0.0702 e. The first-order chi connectivity index (χ1) is 10.8. The van der Waals surface area contributed by atoms with Crippen LogP contribution in [-0.4, -0.2) is 23.0 Å². The third kappa shape index (κ3) is 1.93. The van der Waals surface area contributed by atoms with Gasteiger partial charge in [-0.1, -0.05) is 18.2 Å². The molecule has 4 fully saturated rings. The molecule has 114 valence electrons. The van der Waals surface area contributed by atoms with Crippen LogP contribution in [0.2, 0.25) is 0 Å². The molecular weight excluding hydrogens is 268 g/mol. The van der Waals surface area contributed by atoms with Crippen LogP contribution < -0.4 is 0 Å². The highest BCUT2D eigenvalue weighted by atomic mass is 15.2. The van der Waals surface area contributed by atoms with Crippen LogP contribution in [0.25, 0.3) is 10.9 Å². The Morgan fingerprint density at radius 1 is 1.00 bits per heavy atom. The lowest BCUT2D eigenvalue weighted by Gasteiger charge is -2.38. The number of fused-ring (bicyclic) bond motifs is 2. The van der Waals surface area contributed by atoms with Crippen LogP contribution in [0.1, 0.15) is 43.7 Å². The van der Waals surface area contributed by atoms with Gasteiger partial charge in [0.2, 0.25) is 0 Å². The number of pyridine rings is 1. The molecule has 2 saturated heterocycles. The molecule has 4 bridgehead atoms. The number of benzene rings is 1. The molecule has 2 aliphatic carbocycles. The third-order valence-electron chi connectivity index (χ3n) is 6.56. The van der Waals surface area contributed by atoms with Crippen molar-refractivity contribution < 1.29 is 0 Å². The summed E-state index contributed by atoms with van der Waals surface area (Å²) in [6, 6.07) is 12.3. The summed E-state index contributed by atoms with van der Waals surface area (Å²) >= 11 is 0. The summed E-state index contributed by atoms with van der Waals surface area (Å²) in [6.07, 6.45) is 9.39. The molecule has 0 radical (unpaired) electrons. The Hall–Kier alpha value is -1.41. The molecule has 5 atom stereocenters. The van der Waals surface area contributed by atoms with Crippen molar-refractivity contribution in [2.45, 2.75) is 44.2 Å². The minimum Gasteiger partial charge on any atom is -0.296 e. The van der Waals surface area contributed by atoms with Crippen molar-refractivity contribution in [1.29, 1.82) is 0 Å². The molecule has 2 aliphatic heterocycles. The van der Waals surface area contributed by atoms with Gasteiger partial charge in [-0.15, -0.1) is 0 Å². The van der Waals surface area contributed by atoms with Gasteiger partial charge in [0.15, 0.2) is 0 Å². The second-order valence-electron chi connectivity index (χ2n) is 7.90. The van der Waals surface area contributed by atoms with Gasteiger partial charge in [0, 0.05) is 23.7 Å². The van der Waals surface area contributed by atoms with Crippen molar-refractivity contribution in [2.75, 3.05) is 7.05 Å². The number of nitrogens with zero attached hydrogens (tertiary/aromatic N) is 2. The number of hydrogen-bond acceptors (Lipinski definition) is 2. The summed E-state index contributed by atoms with van der Waals surface area (Å²) in [4.78, 5) is 7.44. The van der Waals surface area contributed by atoms with E-state index in [1.54, 1.807) is 0 Å². The van der Waals surface area contributed by atoms with Crippen LogP contribution >= 0.6 is 0 Å². The van der Waals surface area contributed by atoms with E-state index in [0.717, 1.165) is 29.3 Å². The Morgan fingerprint density at radius 3 is 2.59 bits per heavy atom. The largest absolute Gasteiger partial charge is 0.296 e. The van der Waals surface area contributed by atoms with Gasteiger partial charge in [-0.3, -0.25) is 9.88 Å². The van der Waals surface area contributed by atoms with E-state index in [1.165, 1.54) is 43.1 Å². The van der Waals surface area contributed by atoms with Crippen molar-refractivity contribution in [3.63, 3.8) is 0 Å². The monoisotopic (exact) mass is 292 g/mol. The van der Waals surface area contributed by atoms with Gasteiger partial charge in [0.05, 0.1) is 5.52 Å². The van der Waals surface area contributed by atoms with Crippen molar-refractivity contribution in [2.24, 2.45) is 17.8 Å². The van der Waals surface area contributed by atoms with Crippen molar-refractivity contribution in [1.82, 2.24) is 9.88 Å². The maximum absolute atomic E-state index is 4.74. The molecule has 0 N–H and O–H groups in total. The summed E-state index contributed by atoms with van der Waals surface area (Å²) in [6.45, 7) is 0. The van der Waals surface area contributed by atoms with E-state index in [4.69, 9.17) is 4.98 Å². The van der Waals surface area contributed by atoms with Gasteiger partial charge >= 0.3 is 0 Å². The maximum Gasteiger partial charge on any atom is 0.0702 e. The predicted molar refractivity (Wildman–Crippen MR) is 89.6 cm³/mol. The summed E-state index contributed by atoms with van der Waals surface area (Å²) in [5, 5.41) is 1.29. The maximum atomic E-state index is 4.74. The van der Waals surface area contributed by atoms with Gasteiger partial charge in [-0.25, -0.2) is 0 Å². The minimum absolute atomic E-state index is 0.581. The SMILES string of the molecule is CN1C2C[C@H]3CC(C[C@@H](C2)C3)C1c1cnc2ccccc2c1. The van der Waals surface area contributed by atoms with E-state index in [0.29, 0.717) is 6.04 Å². The normalized spacial score (nSPS) is 37.6. The first-order valence-corrected chi connectivity index (χ1v) is 8.84. The molecule has 2 nitrogen and oxygen atoms in total. The molecule has 3 unspecified atom stereocenters. The molecule has 2 heteroatoms. The van der Waals surface area contributed by atoms with E-state index in [2.05, 4.69) is 48.5 Å². The van der Waals surface area contributed by atoms with E-state index in [1.807, 2.05) is 0 Å². The van der Waals surface area contributed by atoms with Crippen molar-refractivity contribution in [3.05, 3.63) is 42.1 Å². The van der Waals surface area contributed by atoms with E-state index < -0.39 is 0 Å². The number of hydrogen-bond donors (Lipinski definition) is 0. The highest BCUT2D eigenvalue weighted by Gasteiger charge is 2.46. The Labute approximate surface area is 132 Å². The quantitative estimate of drug-likeness (QED) is 0.773. The molecule has 2 aromatic rings. The summed E-state index contributed by atoms with van der Waals surface area (Å²) < 4.78 is 0. The Morgan fingerprint density at radius 2 is 1.77 bits per heavy atom. The average Bonchev–Trinajstić information content (AvgIpc) is 2.68. The zero-order chi connectivity index (χ0) is 14.7. The van der Waals surface area contributed by atoms with E-state index in [-0.39, 0.29) is 0 Å². The van der Waals surface area contributed by atoms with Crippen LogP contribution in [0.4, 0.5) is 0 Å². The molecule has 0 spiro atoms. The van der Waals surface area contributed by atoms with Crippen LogP contribution in [0.15, 0.2) is 36.5 Å². The van der Waals surface area contributed by atoms with Crippen LogP contribution in [0.5, 0.6) is 0 Å². The summed E-state index contributed by atoms with van der Waals surface area (Å²) in [7, 11) is 2.37. The van der Waals surface area contributed by atoms with Gasteiger partial charge in [-0.2, -0.15) is 0 Å². The van der Waals surface area contributed by atoms with E-state index >= 15 is 0 Å².